The number of rotatable bonds is 9. The highest BCUT2D eigenvalue weighted by molar-refractivity contribution is 7.92. The molecule has 1 saturated heterocycles. The molecule has 218 valence electrons. The van der Waals surface area contributed by atoms with E-state index in [9.17, 15) is 16.8 Å². The molecule has 0 unspecified atom stereocenters. The number of methoxy groups -OCH3 is 2. The molecule has 0 aliphatic carbocycles. The van der Waals surface area contributed by atoms with E-state index in [0.717, 1.165) is 9.54 Å². The van der Waals surface area contributed by atoms with E-state index in [1.54, 1.807) is 37.4 Å². The Morgan fingerprint density at radius 2 is 1.73 bits per heavy atom. The van der Waals surface area contributed by atoms with E-state index in [4.69, 9.17) is 14.2 Å². The van der Waals surface area contributed by atoms with Crippen molar-refractivity contribution in [2.24, 2.45) is 0 Å². The first-order valence-corrected chi connectivity index (χ1v) is 15.7. The zero-order valence-electron chi connectivity index (χ0n) is 23.1. The molecule has 41 heavy (non-hydrogen) atoms. The number of nitrogens with zero attached hydrogens (tertiary/aromatic N) is 4. The first-order valence-electron chi connectivity index (χ1n) is 12.8. The summed E-state index contributed by atoms with van der Waals surface area (Å²) in [6, 6.07) is 11.1. The molecule has 0 saturated carbocycles. The zero-order valence-corrected chi connectivity index (χ0v) is 24.8. The van der Waals surface area contributed by atoms with Crippen LogP contribution in [0.4, 0.5) is 5.69 Å². The summed E-state index contributed by atoms with van der Waals surface area (Å²) in [5.74, 6) is 0.939. The van der Waals surface area contributed by atoms with Crippen LogP contribution in [-0.4, -0.2) is 71.3 Å². The van der Waals surface area contributed by atoms with E-state index in [1.807, 2.05) is 11.8 Å². The first kappa shape index (κ1) is 28.8. The lowest BCUT2D eigenvalue weighted by molar-refractivity contribution is 0.122. The van der Waals surface area contributed by atoms with Gasteiger partial charge < -0.3 is 19.1 Å². The number of hydrogen-bond donors (Lipinski definition) is 1. The molecule has 14 heteroatoms. The Morgan fingerprint density at radius 1 is 1.00 bits per heavy atom. The predicted octanol–water partition coefficient (Wildman–Crippen LogP) is 2.62. The van der Waals surface area contributed by atoms with Gasteiger partial charge in [-0.15, -0.1) is 0 Å². The SMILES string of the molecule is COc1ccc2nc(S(=O)(=O)NCc3ncc(C)c(OC)c3C)n(S(=O)(=O)c3ccccc3N3CCOCC3)c2c1. The molecule has 1 N–H and O–H groups in total. The fourth-order valence-electron chi connectivity index (χ4n) is 4.86. The fourth-order valence-corrected chi connectivity index (χ4v) is 8.00. The summed E-state index contributed by atoms with van der Waals surface area (Å²) in [7, 11) is -6.00. The minimum atomic E-state index is -4.49. The Kier molecular flexibility index (Phi) is 7.92. The van der Waals surface area contributed by atoms with Crippen LogP contribution >= 0.6 is 0 Å². The lowest BCUT2D eigenvalue weighted by Gasteiger charge is -2.30. The number of para-hydroxylation sites is 1. The zero-order chi connectivity index (χ0) is 29.4. The average Bonchev–Trinajstić information content (AvgIpc) is 3.38. The third kappa shape index (κ3) is 5.35. The minimum Gasteiger partial charge on any atom is -0.497 e. The molecule has 0 atom stereocenters. The summed E-state index contributed by atoms with van der Waals surface area (Å²) in [6.45, 7) is 5.27. The maximum absolute atomic E-state index is 14.4. The van der Waals surface area contributed by atoms with Gasteiger partial charge in [-0.1, -0.05) is 12.1 Å². The van der Waals surface area contributed by atoms with Crippen LogP contribution < -0.4 is 19.1 Å². The quantitative estimate of drug-likeness (QED) is 0.304. The lowest BCUT2D eigenvalue weighted by atomic mass is 10.1. The molecule has 2 aromatic heterocycles. The number of hydrogen-bond acceptors (Lipinski definition) is 10. The molecule has 12 nitrogen and oxygen atoms in total. The topological polar surface area (TPSA) is 142 Å². The molecule has 0 bridgehead atoms. The van der Waals surface area contributed by atoms with Crippen LogP contribution in [0, 0.1) is 13.8 Å². The highest BCUT2D eigenvalue weighted by Crippen LogP contribution is 2.33. The first-order chi connectivity index (χ1) is 19.6. The summed E-state index contributed by atoms with van der Waals surface area (Å²) in [6.07, 6.45) is 1.59. The normalized spacial score (nSPS) is 14.4. The summed E-state index contributed by atoms with van der Waals surface area (Å²) in [5.41, 5.74) is 2.58. The van der Waals surface area contributed by atoms with Crippen LogP contribution in [0.5, 0.6) is 11.5 Å². The van der Waals surface area contributed by atoms with Gasteiger partial charge in [-0.05, 0) is 38.1 Å². The van der Waals surface area contributed by atoms with Crippen molar-refractivity contribution in [2.45, 2.75) is 30.4 Å². The van der Waals surface area contributed by atoms with Crippen LogP contribution in [0.15, 0.2) is 58.7 Å². The molecule has 1 aliphatic heterocycles. The van der Waals surface area contributed by atoms with Crippen molar-refractivity contribution < 1.29 is 31.0 Å². The Morgan fingerprint density at radius 3 is 2.44 bits per heavy atom. The number of sulfonamides is 1. The van der Waals surface area contributed by atoms with Crippen molar-refractivity contribution in [3.05, 3.63) is 65.5 Å². The van der Waals surface area contributed by atoms with E-state index in [-0.39, 0.29) is 22.5 Å². The van der Waals surface area contributed by atoms with Gasteiger partial charge in [0.25, 0.3) is 25.2 Å². The van der Waals surface area contributed by atoms with Crippen LogP contribution in [0.1, 0.15) is 16.8 Å². The number of aromatic nitrogens is 3. The second-order valence-corrected chi connectivity index (χ2v) is 12.9. The lowest BCUT2D eigenvalue weighted by Crippen LogP contribution is -2.37. The molecule has 5 rings (SSSR count). The highest BCUT2D eigenvalue weighted by atomic mass is 32.2. The molecule has 1 fully saturated rings. The smallest absolute Gasteiger partial charge is 0.275 e. The van der Waals surface area contributed by atoms with Gasteiger partial charge in [-0.25, -0.2) is 30.5 Å². The summed E-state index contributed by atoms with van der Waals surface area (Å²) in [5, 5.41) is -0.672. The highest BCUT2D eigenvalue weighted by Gasteiger charge is 2.34. The average molecular weight is 602 g/mol. The van der Waals surface area contributed by atoms with E-state index in [0.29, 0.717) is 54.7 Å². The van der Waals surface area contributed by atoms with Gasteiger partial charge >= 0.3 is 0 Å². The Hall–Kier alpha value is -3.72. The molecule has 0 amide bonds. The van der Waals surface area contributed by atoms with Gasteiger partial charge in [0.05, 0.1) is 56.4 Å². The Labute approximate surface area is 239 Å². The van der Waals surface area contributed by atoms with Gasteiger partial charge in [-0.2, -0.15) is 0 Å². The van der Waals surface area contributed by atoms with Gasteiger partial charge in [0.2, 0.25) is 0 Å². The maximum atomic E-state index is 14.4. The van der Waals surface area contributed by atoms with Crippen LogP contribution in [0.25, 0.3) is 11.0 Å². The van der Waals surface area contributed by atoms with E-state index < -0.39 is 25.2 Å². The second-order valence-electron chi connectivity index (χ2n) is 9.46. The monoisotopic (exact) mass is 601 g/mol. The largest absolute Gasteiger partial charge is 0.497 e. The van der Waals surface area contributed by atoms with Gasteiger partial charge in [0, 0.05) is 36.5 Å². The van der Waals surface area contributed by atoms with Gasteiger partial charge in [0.1, 0.15) is 16.4 Å². The van der Waals surface area contributed by atoms with Crippen molar-refractivity contribution in [1.82, 2.24) is 18.7 Å². The Bertz CT molecular complexity index is 1820. The number of benzene rings is 2. The number of imidazole rings is 1. The van der Waals surface area contributed by atoms with Crippen molar-refractivity contribution in [3.63, 3.8) is 0 Å². The number of anilines is 1. The Balaban J connectivity index is 1.64. The van der Waals surface area contributed by atoms with E-state index in [2.05, 4.69) is 14.7 Å². The summed E-state index contributed by atoms with van der Waals surface area (Å²) >= 11 is 0. The number of ether oxygens (including phenoxy) is 3. The van der Waals surface area contributed by atoms with Crippen LogP contribution in [-0.2, 0) is 31.3 Å². The fraction of sp³-hybridized carbons (Fsp3) is 0.333. The molecule has 3 heterocycles. The third-order valence-electron chi connectivity index (χ3n) is 6.95. The number of fused-ring (bicyclic) bond motifs is 1. The van der Waals surface area contributed by atoms with Gasteiger partial charge in [-0.3, -0.25) is 4.98 Å². The molecule has 2 aromatic carbocycles. The van der Waals surface area contributed by atoms with E-state index >= 15 is 0 Å². The maximum Gasteiger partial charge on any atom is 0.275 e. The summed E-state index contributed by atoms with van der Waals surface area (Å²) < 4.78 is 75.8. The molecule has 1 aliphatic rings. The van der Waals surface area contributed by atoms with Crippen LogP contribution in [0.3, 0.4) is 0 Å². The van der Waals surface area contributed by atoms with Crippen molar-refractivity contribution in [2.75, 3.05) is 45.4 Å². The van der Waals surface area contributed by atoms with Crippen LogP contribution in [0.2, 0.25) is 0 Å². The third-order valence-corrected chi connectivity index (χ3v) is 10.1. The van der Waals surface area contributed by atoms with Gasteiger partial charge in [0.15, 0.2) is 0 Å². The van der Waals surface area contributed by atoms with E-state index in [1.165, 1.54) is 32.4 Å². The number of morpholine rings is 1. The van der Waals surface area contributed by atoms with Crippen molar-refractivity contribution in [1.29, 1.82) is 0 Å². The molecule has 4 aromatic rings. The minimum absolute atomic E-state index is 0.0544. The standard InChI is InChI=1S/C27H31N5O7S2/c1-18-16-28-22(19(2)26(18)38-4)17-29-40(33,34)27-30-21-10-9-20(37-3)15-24(21)32(27)41(35,36)25-8-6-5-7-23(25)31-11-13-39-14-12-31/h5-10,15-16,29H,11-14,17H2,1-4H3. The number of aryl methyl sites for hydroxylation is 1. The summed E-state index contributed by atoms with van der Waals surface area (Å²) in [4.78, 5) is 10.5. The number of pyridine rings is 1. The van der Waals surface area contributed by atoms with Crippen molar-refractivity contribution >= 4 is 36.8 Å². The molecule has 0 spiro atoms. The molecular formula is C27H31N5O7S2. The molecule has 0 radical (unpaired) electrons. The molecular weight excluding hydrogens is 570 g/mol. The number of nitrogens with one attached hydrogen (secondary N) is 1. The second kappa shape index (κ2) is 11.3. The van der Waals surface area contributed by atoms with Crippen molar-refractivity contribution in [3.8, 4) is 11.5 Å². The predicted molar refractivity (Wildman–Crippen MR) is 153 cm³/mol.